The highest BCUT2D eigenvalue weighted by Crippen LogP contribution is 2.18. The second-order valence-electron chi connectivity index (χ2n) is 3.33. The molecular weight excluding hydrogens is 192 g/mol. The van der Waals surface area contributed by atoms with Crippen LogP contribution in [0.25, 0.3) is 11.4 Å². The lowest BCUT2D eigenvalue weighted by Gasteiger charge is -1.99. The molecule has 0 aliphatic rings. The average Bonchev–Trinajstić information content (AvgIpc) is 2.65. The lowest BCUT2D eigenvalue weighted by Crippen LogP contribution is -1.88. The fraction of sp³-hybridized carbons (Fsp3) is 0.182. The van der Waals surface area contributed by atoms with Gasteiger partial charge in [-0.1, -0.05) is 17.3 Å². The fourth-order valence-corrected chi connectivity index (χ4v) is 1.36. The lowest BCUT2D eigenvalue weighted by atomic mass is 10.1. The van der Waals surface area contributed by atoms with E-state index in [1.807, 2.05) is 13.0 Å². The van der Waals surface area contributed by atoms with Gasteiger partial charge in [-0.3, -0.25) is 4.79 Å². The maximum absolute atomic E-state index is 10.6. The first-order valence-corrected chi connectivity index (χ1v) is 4.57. The molecule has 1 heterocycles. The number of hydrogen-bond donors (Lipinski definition) is 0. The van der Waals surface area contributed by atoms with E-state index >= 15 is 0 Å². The van der Waals surface area contributed by atoms with E-state index in [0.29, 0.717) is 17.3 Å². The number of benzene rings is 1. The minimum Gasteiger partial charge on any atom is -0.339 e. The Kier molecular flexibility index (Phi) is 2.33. The van der Waals surface area contributed by atoms with Gasteiger partial charge in [-0.2, -0.15) is 4.98 Å². The number of nitrogens with zero attached hydrogens (tertiary/aromatic N) is 2. The van der Waals surface area contributed by atoms with Crippen LogP contribution in [-0.4, -0.2) is 16.4 Å². The summed E-state index contributed by atoms with van der Waals surface area (Å²) in [6.45, 7) is 3.61. The molecule has 0 bridgehead atoms. The minimum atomic E-state index is 0.530. The number of carbonyl (C=O) groups is 1. The standard InChI is InChI=1S/C11H10N2O2/c1-7-5-9(3-4-10(7)6-14)11-12-8(2)15-13-11/h3-6H,1-2H3. The summed E-state index contributed by atoms with van der Waals surface area (Å²) in [5.41, 5.74) is 2.44. The first kappa shape index (κ1) is 9.58. The van der Waals surface area contributed by atoms with E-state index in [0.717, 1.165) is 17.4 Å². The van der Waals surface area contributed by atoms with E-state index in [-0.39, 0.29) is 0 Å². The van der Waals surface area contributed by atoms with Crippen molar-refractivity contribution >= 4 is 6.29 Å². The van der Waals surface area contributed by atoms with Crippen LogP contribution in [-0.2, 0) is 0 Å². The van der Waals surface area contributed by atoms with Crippen molar-refractivity contribution in [1.82, 2.24) is 10.1 Å². The van der Waals surface area contributed by atoms with E-state index in [2.05, 4.69) is 10.1 Å². The molecule has 0 fully saturated rings. The molecule has 0 aliphatic heterocycles. The summed E-state index contributed by atoms with van der Waals surface area (Å²) in [6, 6.07) is 5.43. The summed E-state index contributed by atoms with van der Waals surface area (Å²) < 4.78 is 4.88. The summed E-state index contributed by atoms with van der Waals surface area (Å²) in [5, 5.41) is 3.81. The van der Waals surface area contributed by atoms with Crippen molar-refractivity contribution in [2.24, 2.45) is 0 Å². The molecule has 1 aromatic heterocycles. The van der Waals surface area contributed by atoms with Gasteiger partial charge < -0.3 is 4.52 Å². The van der Waals surface area contributed by atoms with E-state index < -0.39 is 0 Å². The summed E-state index contributed by atoms with van der Waals surface area (Å²) in [6.07, 6.45) is 0.834. The van der Waals surface area contributed by atoms with Crippen LogP contribution in [0, 0.1) is 13.8 Å². The van der Waals surface area contributed by atoms with Crippen LogP contribution >= 0.6 is 0 Å². The van der Waals surface area contributed by atoms with Gasteiger partial charge in [0.25, 0.3) is 0 Å². The Morgan fingerprint density at radius 2 is 2.13 bits per heavy atom. The number of aryl methyl sites for hydroxylation is 2. The van der Waals surface area contributed by atoms with Crippen LogP contribution in [0.1, 0.15) is 21.8 Å². The smallest absolute Gasteiger partial charge is 0.223 e. The highest BCUT2D eigenvalue weighted by atomic mass is 16.5. The van der Waals surface area contributed by atoms with Gasteiger partial charge in [0.1, 0.15) is 6.29 Å². The zero-order chi connectivity index (χ0) is 10.8. The minimum absolute atomic E-state index is 0.530. The molecule has 15 heavy (non-hydrogen) atoms. The molecular formula is C11H10N2O2. The Bertz CT molecular complexity index is 503. The first-order chi connectivity index (χ1) is 7.20. The average molecular weight is 202 g/mol. The largest absolute Gasteiger partial charge is 0.339 e. The van der Waals surface area contributed by atoms with Crippen LogP contribution in [0.5, 0.6) is 0 Å². The second kappa shape index (κ2) is 3.65. The molecule has 1 aromatic carbocycles. The summed E-state index contributed by atoms with van der Waals surface area (Å²) in [4.78, 5) is 14.7. The quantitative estimate of drug-likeness (QED) is 0.700. The Balaban J connectivity index is 2.46. The first-order valence-electron chi connectivity index (χ1n) is 4.57. The Labute approximate surface area is 86.9 Å². The molecule has 76 valence electrons. The monoisotopic (exact) mass is 202 g/mol. The SMILES string of the molecule is Cc1nc(-c2ccc(C=O)c(C)c2)no1. The molecule has 0 spiro atoms. The van der Waals surface area contributed by atoms with Crippen molar-refractivity contribution in [3.63, 3.8) is 0 Å². The Morgan fingerprint density at radius 1 is 1.33 bits per heavy atom. The molecule has 4 heteroatoms. The van der Waals surface area contributed by atoms with Crippen LogP contribution in [0.15, 0.2) is 22.7 Å². The molecule has 0 aliphatic carbocycles. The van der Waals surface area contributed by atoms with E-state index in [1.165, 1.54) is 0 Å². The number of rotatable bonds is 2. The third-order valence-corrected chi connectivity index (χ3v) is 2.18. The Hall–Kier alpha value is -1.97. The summed E-state index contributed by atoms with van der Waals surface area (Å²) in [7, 11) is 0. The molecule has 4 nitrogen and oxygen atoms in total. The van der Waals surface area contributed by atoms with Crippen LogP contribution < -0.4 is 0 Å². The second-order valence-corrected chi connectivity index (χ2v) is 3.33. The van der Waals surface area contributed by atoms with Crippen molar-refractivity contribution in [3.05, 3.63) is 35.2 Å². The highest BCUT2D eigenvalue weighted by molar-refractivity contribution is 5.78. The maximum atomic E-state index is 10.6. The topological polar surface area (TPSA) is 56.0 Å². The number of carbonyl (C=O) groups excluding carboxylic acids is 1. The number of aldehydes is 1. The zero-order valence-corrected chi connectivity index (χ0v) is 8.52. The number of aromatic nitrogens is 2. The fourth-order valence-electron chi connectivity index (χ4n) is 1.36. The van der Waals surface area contributed by atoms with Gasteiger partial charge in [0.05, 0.1) is 0 Å². The third-order valence-electron chi connectivity index (χ3n) is 2.18. The molecule has 0 amide bonds. The predicted octanol–water partition coefficient (Wildman–Crippen LogP) is 2.17. The predicted molar refractivity (Wildman–Crippen MR) is 54.6 cm³/mol. The maximum Gasteiger partial charge on any atom is 0.223 e. The van der Waals surface area contributed by atoms with Gasteiger partial charge in [-0.05, 0) is 18.6 Å². The van der Waals surface area contributed by atoms with Crippen molar-refractivity contribution < 1.29 is 9.32 Å². The van der Waals surface area contributed by atoms with Crippen molar-refractivity contribution in [2.45, 2.75) is 13.8 Å². The van der Waals surface area contributed by atoms with Gasteiger partial charge >= 0.3 is 0 Å². The van der Waals surface area contributed by atoms with Crippen LogP contribution in [0.4, 0.5) is 0 Å². The van der Waals surface area contributed by atoms with Gasteiger partial charge in [0.15, 0.2) is 0 Å². The summed E-state index contributed by atoms with van der Waals surface area (Å²) >= 11 is 0. The molecule has 0 saturated carbocycles. The lowest BCUT2D eigenvalue weighted by molar-refractivity contribution is 0.112. The molecule has 0 atom stereocenters. The molecule has 2 rings (SSSR count). The van der Waals surface area contributed by atoms with Crippen molar-refractivity contribution in [1.29, 1.82) is 0 Å². The van der Waals surface area contributed by atoms with E-state index in [1.54, 1.807) is 19.1 Å². The van der Waals surface area contributed by atoms with E-state index in [9.17, 15) is 4.79 Å². The van der Waals surface area contributed by atoms with Crippen molar-refractivity contribution in [3.8, 4) is 11.4 Å². The van der Waals surface area contributed by atoms with Gasteiger partial charge in [0.2, 0.25) is 11.7 Å². The van der Waals surface area contributed by atoms with E-state index in [4.69, 9.17) is 4.52 Å². The third kappa shape index (κ3) is 1.79. The molecule has 2 aromatic rings. The Morgan fingerprint density at radius 3 is 2.67 bits per heavy atom. The normalized spacial score (nSPS) is 10.3. The number of hydrogen-bond acceptors (Lipinski definition) is 4. The van der Waals surface area contributed by atoms with Gasteiger partial charge in [0, 0.05) is 18.1 Å². The molecule has 0 radical (unpaired) electrons. The molecule has 0 unspecified atom stereocenters. The molecule has 0 N–H and O–H groups in total. The molecule has 0 saturated heterocycles. The van der Waals surface area contributed by atoms with Crippen molar-refractivity contribution in [2.75, 3.05) is 0 Å². The van der Waals surface area contributed by atoms with Crippen LogP contribution in [0.2, 0.25) is 0 Å². The summed E-state index contributed by atoms with van der Waals surface area (Å²) in [5.74, 6) is 1.08. The highest BCUT2D eigenvalue weighted by Gasteiger charge is 2.06. The van der Waals surface area contributed by atoms with Gasteiger partial charge in [-0.25, -0.2) is 0 Å². The van der Waals surface area contributed by atoms with Gasteiger partial charge in [-0.15, -0.1) is 0 Å². The zero-order valence-electron chi connectivity index (χ0n) is 8.52. The van der Waals surface area contributed by atoms with Crippen LogP contribution in [0.3, 0.4) is 0 Å².